The van der Waals surface area contributed by atoms with Crippen LogP contribution in [-0.2, 0) is 35.0 Å². The maximum Gasteiger partial charge on any atom is 0.409 e. The van der Waals surface area contributed by atoms with Crippen LogP contribution in [0.1, 0.15) is 93.1 Å². The summed E-state index contributed by atoms with van der Waals surface area (Å²) in [5, 5.41) is 14.6. The van der Waals surface area contributed by atoms with E-state index in [0.717, 1.165) is 11.1 Å². The van der Waals surface area contributed by atoms with Crippen LogP contribution in [0.25, 0.3) is 0 Å². The highest BCUT2D eigenvalue weighted by atomic mass is 35.5. The summed E-state index contributed by atoms with van der Waals surface area (Å²) in [4.78, 5) is 57.3. The quantitative estimate of drug-likeness (QED) is 0.257. The monoisotopic (exact) mass is 787 g/mol. The lowest BCUT2D eigenvalue weighted by atomic mass is 9.77. The van der Waals surface area contributed by atoms with E-state index in [0.29, 0.717) is 36.6 Å². The maximum atomic E-state index is 14.3. The molecule has 1 aliphatic carbocycles. The highest BCUT2D eigenvalue weighted by molar-refractivity contribution is 6.35. The highest BCUT2D eigenvalue weighted by Crippen LogP contribution is 2.61. The van der Waals surface area contributed by atoms with Gasteiger partial charge in [0.1, 0.15) is 35.1 Å². The van der Waals surface area contributed by atoms with Crippen molar-refractivity contribution in [1.29, 1.82) is 0 Å². The Morgan fingerprint density at radius 2 is 1.85 bits per heavy atom. The van der Waals surface area contributed by atoms with Gasteiger partial charge in [-0.05, 0) is 74.0 Å². The first kappa shape index (κ1) is 44.1. The van der Waals surface area contributed by atoms with Gasteiger partial charge < -0.3 is 33.9 Å². The Morgan fingerprint density at radius 3 is 2.47 bits per heavy atom. The molecular formula is C42H62ClN3O9. The summed E-state index contributed by atoms with van der Waals surface area (Å²) in [6.07, 6.45) is 3.90. The number of carbonyl (C=O) groups excluding carboxylic acids is 4. The fraction of sp³-hybridized carbons (Fsp3) is 0.667. The third-order valence-electron chi connectivity index (χ3n) is 12.8. The predicted molar refractivity (Wildman–Crippen MR) is 212 cm³/mol. The molecule has 4 rings (SSSR count). The van der Waals surface area contributed by atoms with Gasteiger partial charge in [-0.2, -0.15) is 0 Å². The molecule has 2 fully saturated rings. The average molecular weight is 788 g/mol. The minimum atomic E-state index is -1.77. The van der Waals surface area contributed by atoms with Gasteiger partial charge in [-0.1, -0.05) is 76.9 Å². The summed E-state index contributed by atoms with van der Waals surface area (Å²) in [7, 11) is 6.20. The van der Waals surface area contributed by atoms with E-state index in [1.165, 1.54) is 24.0 Å². The summed E-state index contributed by atoms with van der Waals surface area (Å²) in [5.74, 6) is -0.825. The van der Waals surface area contributed by atoms with E-state index in [9.17, 15) is 24.3 Å². The molecule has 2 N–H and O–H groups in total. The fourth-order valence-electron chi connectivity index (χ4n) is 7.67. The SMILES string of the molecule is COc1cc2cc(c1Cl)N(C)C(=O)C[C@H](OC(=O)[C@H](C)N(C)C(=O)CCC(C)(C)C(C)C)[C@@]1(C)C[C@H]1[C@H](C)[C@@H]1C[C@@](O)(NC(=O)O1)[C@H](OC)/C=C/C=C(\C)C2. The molecule has 3 amide bonds. The third kappa shape index (κ3) is 9.86. The molecule has 0 unspecified atom stereocenters. The normalized spacial score (nSPS) is 30.9. The van der Waals surface area contributed by atoms with E-state index < -0.39 is 47.6 Å². The second-order valence-corrected chi connectivity index (χ2v) is 17.5. The molecule has 0 radical (unpaired) electrons. The minimum Gasteiger partial charge on any atom is -0.495 e. The van der Waals surface area contributed by atoms with Crippen LogP contribution in [0.2, 0.25) is 5.02 Å². The number of rotatable bonds is 9. The largest absolute Gasteiger partial charge is 0.495 e. The van der Waals surface area contributed by atoms with Crippen molar-refractivity contribution in [3.8, 4) is 5.75 Å². The van der Waals surface area contributed by atoms with Gasteiger partial charge in [-0.15, -0.1) is 0 Å². The molecule has 1 saturated carbocycles. The van der Waals surface area contributed by atoms with Gasteiger partial charge in [-0.3, -0.25) is 14.9 Å². The number of halogens is 1. The van der Waals surface area contributed by atoms with Crippen LogP contribution in [0.5, 0.6) is 5.75 Å². The van der Waals surface area contributed by atoms with E-state index in [4.69, 9.17) is 30.5 Å². The molecule has 0 aromatic heterocycles. The van der Waals surface area contributed by atoms with Crippen molar-refractivity contribution in [2.75, 3.05) is 33.2 Å². The maximum absolute atomic E-state index is 14.3. The Morgan fingerprint density at radius 1 is 1.18 bits per heavy atom. The Kier molecular flexibility index (Phi) is 13.8. The summed E-state index contributed by atoms with van der Waals surface area (Å²) in [6.45, 7) is 16.0. The standard InChI is InChI=1S/C42H62ClN3O9/c1-24(2)40(6,7)17-16-35(47)45(9)27(5)38(49)55-34-21-36(48)46(10)30-19-28(20-31(52-11)37(30)43)18-25(3)14-13-15-33(53-12)42(51)23-32(54-39(50)44-42)26(4)29-22-41(29,34)8/h13-15,19-20,24,26-27,29,32-34,51H,16-18,21-23H2,1-12H3,(H,44,50)/b15-13+,25-14+/t26-,27-,29-,32-,33+,34-,41-,42-/m0/s1. The molecule has 0 spiro atoms. The van der Waals surface area contributed by atoms with Crippen molar-refractivity contribution in [2.24, 2.45) is 28.6 Å². The fourth-order valence-corrected chi connectivity index (χ4v) is 7.98. The average Bonchev–Trinajstić information content (AvgIpc) is 3.82. The zero-order chi connectivity index (χ0) is 41.2. The first-order valence-electron chi connectivity index (χ1n) is 19.3. The van der Waals surface area contributed by atoms with Crippen LogP contribution in [-0.4, -0.2) is 92.3 Å². The number of aliphatic hydroxyl groups is 1. The van der Waals surface area contributed by atoms with Crippen LogP contribution in [0.15, 0.2) is 35.9 Å². The van der Waals surface area contributed by atoms with E-state index in [1.807, 2.05) is 39.0 Å². The topological polar surface area (TPSA) is 144 Å². The van der Waals surface area contributed by atoms with E-state index in [2.05, 4.69) is 33.0 Å². The van der Waals surface area contributed by atoms with Gasteiger partial charge in [0.15, 0.2) is 5.72 Å². The number of benzene rings is 1. The number of esters is 1. The summed E-state index contributed by atoms with van der Waals surface area (Å²) < 4.78 is 23.3. The number of nitrogens with zero attached hydrogens (tertiary/aromatic N) is 2. The van der Waals surface area contributed by atoms with Gasteiger partial charge in [-0.25, -0.2) is 9.59 Å². The number of nitrogens with one attached hydrogen (secondary N) is 1. The highest BCUT2D eigenvalue weighted by Gasteiger charge is 2.62. The van der Waals surface area contributed by atoms with Crippen molar-refractivity contribution >= 4 is 41.2 Å². The molecule has 1 aromatic rings. The van der Waals surface area contributed by atoms with Crippen LogP contribution in [0, 0.1) is 28.6 Å². The molecule has 1 saturated heterocycles. The first-order chi connectivity index (χ1) is 25.6. The number of fused-ring (bicyclic) bond motifs is 5. The number of anilines is 1. The lowest BCUT2D eigenvalue weighted by Crippen LogP contribution is -2.63. The van der Waals surface area contributed by atoms with Gasteiger partial charge in [0.2, 0.25) is 11.8 Å². The minimum absolute atomic E-state index is 0.0336. The molecule has 2 aliphatic heterocycles. The number of allylic oxidation sites excluding steroid dienone is 3. The van der Waals surface area contributed by atoms with Crippen molar-refractivity contribution in [3.05, 3.63) is 46.5 Å². The molecule has 55 heavy (non-hydrogen) atoms. The molecule has 2 heterocycles. The number of hydrogen-bond acceptors (Lipinski definition) is 9. The van der Waals surface area contributed by atoms with Gasteiger partial charge >= 0.3 is 12.1 Å². The second kappa shape index (κ2) is 17.3. The van der Waals surface area contributed by atoms with Gasteiger partial charge in [0, 0.05) is 39.5 Å². The van der Waals surface area contributed by atoms with Crippen molar-refractivity contribution in [2.45, 2.75) is 124 Å². The van der Waals surface area contributed by atoms with Crippen molar-refractivity contribution in [1.82, 2.24) is 10.2 Å². The molecule has 13 heteroatoms. The number of amides is 3. The van der Waals surface area contributed by atoms with Crippen LogP contribution < -0.4 is 15.0 Å². The number of carbonyl (C=O) groups is 4. The second-order valence-electron chi connectivity index (χ2n) is 17.1. The van der Waals surface area contributed by atoms with E-state index in [1.54, 1.807) is 33.2 Å². The first-order valence-corrected chi connectivity index (χ1v) is 19.6. The number of methoxy groups -OCH3 is 2. The molecule has 1 aromatic carbocycles. The Balaban J connectivity index is 1.72. The van der Waals surface area contributed by atoms with Gasteiger partial charge in [0.25, 0.3) is 0 Å². The summed E-state index contributed by atoms with van der Waals surface area (Å²) in [5.41, 5.74) is -0.310. The van der Waals surface area contributed by atoms with E-state index in [-0.39, 0.29) is 53.4 Å². The summed E-state index contributed by atoms with van der Waals surface area (Å²) >= 11 is 6.81. The molecule has 306 valence electrons. The van der Waals surface area contributed by atoms with Gasteiger partial charge in [0.05, 0.1) is 19.2 Å². The Hall–Kier alpha value is -3.61. The lowest BCUT2D eigenvalue weighted by Gasteiger charge is -2.42. The Labute approximate surface area is 331 Å². The number of hydrogen-bond donors (Lipinski definition) is 2. The lowest BCUT2D eigenvalue weighted by molar-refractivity contribution is -0.163. The number of ether oxygens (including phenoxy) is 4. The van der Waals surface area contributed by atoms with Crippen LogP contribution in [0.4, 0.5) is 10.5 Å². The zero-order valence-electron chi connectivity index (χ0n) is 34.7. The third-order valence-corrected chi connectivity index (χ3v) is 13.2. The molecule has 12 nitrogen and oxygen atoms in total. The molecule has 3 aliphatic rings. The van der Waals surface area contributed by atoms with E-state index >= 15 is 0 Å². The van der Waals surface area contributed by atoms with Crippen LogP contribution >= 0.6 is 11.6 Å². The molecule has 8 atom stereocenters. The molecular weight excluding hydrogens is 726 g/mol. The smallest absolute Gasteiger partial charge is 0.409 e. The number of likely N-dealkylation sites (N-methyl/N-ethyl adjacent to an activating group) is 1. The predicted octanol–water partition coefficient (Wildman–Crippen LogP) is 6.85. The van der Waals surface area contributed by atoms with Crippen molar-refractivity contribution < 1.29 is 43.2 Å². The molecule has 4 bridgehead atoms. The summed E-state index contributed by atoms with van der Waals surface area (Å²) in [6, 6.07) is 2.74. The Bertz CT molecular complexity index is 1680. The zero-order valence-corrected chi connectivity index (χ0v) is 35.4. The van der Waals surface area contributed by atoms with Crippen LogP contribution in [0.3, 0.4) is 0 Å². The van der Waals surface area contributed by atoms with Crippen molar-refractivity contribution in [3.63, 3.8) is 0 Å². The number of alkyl carbamates (subject to hydrolysis) is 1.